The molecule has 8 heteroatoms. The van der Waals surface area contributed by atoms with Crippen molar-refractivity contribution in [3.63, 3.8) is 0 Å². The Morgan fingerprint density at radius 2 is 2.00 bits per heavy atom. The molecule has 1 aromatic carbocycles. The monoisotopic (exact) mass is 400 g/mol. The van der Waals surface area contributed by atoms with Gasteiger partial charge in [0.25, 0.3) is 5.69 Å². The average molecular weight is 401 g/mol. The summed E-state index contributed by atoms with van der Waals surface area (Å²) >= 11 is 3.39. The number of fused-ring (bicyclic) bond motifs is 1. The Hall–Kier alpha value is -3.00. The molecule has 2 heterocycles. The zero-order valence-electron chi connectivity index (χ0n) is 12.9. The van der Waals surface area contributed by atoms with E-state index in [-0.39, 0.29) is 11.6 Å². The van der Waals surface area contributed by atoms with Gasteiger partial charge in [-0.3, -0.25) is 14.9 Å². The van der Waals surface area contributed by atoms with Crippen molar-refractivity contribution in [1.82, 2.24) is 14.7 Å². The Kier molecular flexibility index (Phi) is 4.90. The van der Waals surface area contributed by atoms with E-state index in [1.807, 2.05) is 28.9 Å². The molecule has 1 N–H and O–H groups in total. The molecule has 126 valence electrons. The highest BCUT2D eigenvalue weighted by Gasteiger charge is 2.04. The molecule has 0 aliphatic carbocycles. The molecule has 0 bridgehead atoms. The van der Waals surface area contributed by atoms with Gasteiger partial charge in [0.1, 0.15) is 5.65 Å². The van der Waals surface area contributed by atoms with Crippen LogP contribution in [0.15, 0.2) is 59.3 Å². The number of amides is 1. The van der Waals surface area contributed by atoms with Crippen molar-refractivity contribution in [3.05, 3.63) is 80.7 Å². The number of nitro groups is 1. The lowest BCUT2D eigenvalue weighted by Crippen LogP contribution is -2.20. The van der Waals surface area contributed by atoms with Gasteiger partial charge in [0.15, 0.2) is 0 Å². The number of rotatable bonds is 5. The van der Waals surface area contributed by atoms with Crippen molar-refractivity contribution >= 4 is 39.2 Å². The fourth-order valence-electron chi connectivity index (χ4n) is 2.22. The second kappa shape index (κ2) is 7.27. The maximum atomic E-state index is 11.9. The molecule has 3 aromatic rings. The van der Waals surface area contributed by atoms with E-state index in [0.717, 1.165) is 15.8 Å². The summed E-state index contributed by atoms with van der Waals surface area (Å²) in [6.07, 6.45) is 6.72. The summed E-state index contributed by atoms with van der Waals surface area (Å²) in [5.41, 5.74) is 2.27. The maximum Gasteiger partial charge on any atom is 0.269 e. The van der Waals surface area contributed by atoms with Crippen LogP contribution in [0.3, 0.4) is 0 Å². The number of nitro benzene ring substituents is 1. The van der Waals surface area contributed by atoms with E-state index in [1.54, 1.807) is 18.2 Å². The lowest BCUT2D eigenvalue weighted by Gasteiger charge is -1.98. The number of nitrogens with zero attached hydrogens (tertiary/aromatic N) is 3. The molecule has 1 amide bonds. The number of carbonyl (C=O) groups excluding carboxylic acids is 1. The normalized spacial score (nSPS) is 11.1. The van der Waals surface area contributed by atoms with Crippen molar-refractivity contribution in [2.45, 2.75) is 6.54 Å². The smallest absolute Gasteiger partial charge is 0.269 e. The molecule has 2 aromatic heterocycles. The number of benzene rings is 1. The Labute approximate surface area is 151 Å². The fourth-order valence-corrected chi connectivity index (χ4v) is 2.57. The summed E-state index contributed by atoms with van der Waals surface area (Å²) in [4.78, 5) is 26.4. The molecule has 3 rings (SSSR count). The van der Waals surface area contributed by atoms with Crippen molar-refractivity contribution in [2.75, 3.05) is 0 Å². The fraction of sp³-hybridized carbons (Fsp3) is 0.0588. The molecule has 0 unspecified atom stereocenters. The minimum atomic E-state index is -0.465. The van der Waals surface area contributed by atoms with Crippen LogP contribution >= 0.6 is 15.9 Å². The first-order valence-corrected chi connectivity index (χ1v) is 8.14. The SMILES string of the molecule is O=C(C=Cc1ccc([N+](=O)[O-])cc1)NCc1cn2cc(Br)ccc2n1. The summed E-state index contributed by atoms with van der Waals surface area (Å²) in [5, 5.41) is 13.3. The number of hydrogen-bond acceptors (Lipinski definition) is 4. The predicted molar refractivity (Wildman–Crippen MR) is 96.9 cm³/mol. The van der Waals surface area contributed by atoms with Gasteiger partial charge in [-0.25, -0.2) is 4.98 Å². The summed E-state index contributed by atoms with van der Waals surface area (Å²) in [6.45, 7) is 0.308. The van der Waals surface area contributed by atoms with Crippen LogP contribution < -0.4 is 5.32 Å². The highest BCUT2D eigenvalue weighted by Crippen LogP contribution is 2.13. The van der Waals surface area contributed by atoms with Crippen LogP contribution in [0.4, 0.5) is 5.69 Å². The Bertz CT molecular complexity index is 964. The van der Waals surface area contributed by atoms with E-state index in [1.165, 1.54) is 18.2 Å². The lowest BCUT2D eigenvalue weighted by molar-refractivity contribution is -0.384. The summed E-state index contributed by atoms with van der Waals surface area (Å²) in [5.74, 6) is -0.267. The first-order valence-electron chi connectivity index (χ1n) is 7.35. The van der Waals surface area contributed by atoms with E-state index >= 15 is 0 Å². The minimum absolute atomic E-state index is 0.0140. The molecule has 0 spiro atoms. The van der Waals surface area contributed by atoms with Gasteiger partial charge < -0.3 is 9.72 Å². The van der Waals surface area contributed by atoms with E-state index in [4.69, 9.17) is 0 Å². The quantitative estimate of drug-likeness (QED) is 0.404. The van der Waals surface area contributed by atoms with Crippen LogP contribution in [0.5, 0.6) is 0 Å². The Morgan fingerprint density at radius 3 is 2.72 bits per heavy atom. The Morgan fingerprint density at radius 1 is 1.24 bits per heavy atom. The van der Waals surface area contributed by atoms with E-state index < -0.39 is 4.92 Å². The van der Waals surface area contributed by atoms with Crippen molar-refractivity contribution < 1.29 is 9.72 Å². The molecule has 0 aliphatic heterocycles. The number of pyridine rings is 1. The Balaban J connectivity index is 1.58. The highest BCUT2D eigenvalue weighted by molar-refractivity contribution is 9.10. The van der Waals surface area contributed by atoms with Gasteiger partial charge in [-0.1, -0.05) is 0 Å². The van der Waals surface area contributed by atoms with Gasteiger partial charge in [-0.05, 0) is 51.8 Å². The summed E-state index contributed by atoms with van der Waals surface area (Å²) in [7, 11) is 0. The number of aromatic nitrogens is 2. The zero-order chi connectivity index (χ0) is 17.8. The second-order valence-electron chi connectivity index (χ2n) is 5.24. The third-order valence-corrected chi connectivity index (χ3v) is 3.91. The molecule has 0 fully saturated rings. The topological polar surface area (TPSA) is 89.5 Å². The number of nitrogens with one attached hydrogen (secondary N) is 1. The molecular weight excluding hydrogens is 388 g/mol. The molecule has 25 heavy (non-hydrogen) atoms. The van der Waals surface area contributed by atoms with Crippen LogP contribution in [0.25, 0.3) is 11.7 Å². The van der Waals surface area contributed by atoms with Crippen LogP contribution in [-0.2, 0) is 11.3 Å². The van der Waals surface area contributed by atoms with Gasteiger partial charge in [0, 0.05) is 35.1 Å². The van der Waals surface area contributed by atoms with Crippen LogP contribution in [0.1, 0.15) is 11.3 Å². The molecule has 0 radical (unpaired) electrons. The van der Waals surface area contributed by atoms with Crippen molar-refractivity contribution in [1.29, 1.82) is 0 Å². The molecule has 7 nitrogen and oxygen atoms in total. The van der Waals surface area contributed by atoms with Crippen molar-refractivity contribution in [3.8, 4) is 0 Å². The molecule has 0 atom stereocenters. The number of imidazole rings is 1. The molecule has 0 saturated heterocycles. The van der Waals surface area contributed by atoms with Gasteiger partial charge in [-0.2, -0.15) is 0 Å². The van der Waals surface area contributed by atoms with E-state index in [9.17, 15) is 14.9 Å². The third-order valence-electron chi connectivity index (χ3n) is 3.44. The van der Waals surface area contributed by atoms with Crippen LogP contribution in [0, 0.1) is 10.1 Å². The largest absolute Gasteiger partial charge is 0.347 e. The number of halogens is 1. The van der Waals surface area contributed by atoms with Crippen LogP contribution in [-0.4, -0.2) is 20.2 Å². The standard InChI is InChI=1S/C17H13BrN4O3/c18-13-4-7-16-20-14(11-21(16)10-13)9-19-17(23)8-3-12-1-5-15(6-2-12)22(24)25/h1-8,10-11H,9H2,(H,19,23). The van der Waals surface area contributed by atoms with Crippen molar-refractivity contribution in [2.24, 2.45) is 0 Å². The van der Waals surface area contributed by atoms with Gasteiger partial charge >= 0.3 is 0 Å². The predicted octanol–water partition coefficient (Wildman–Crippen LogP) is 3.33. The second-order valence-corrected chi connectivity index (χ2v) is 6.16. The number of non-ortho nitro benzene ring substituents is 1. The summed E-state index contributed by atoms with van der Waals surface area (Å²) < 4.78 is 2.82. The minimum Gasteiger partial charge on any atom is -0.347 e. The van der Waals surface area contributed by atoms with Gasteiger partial charge in [0.05, 0.1) is 17.2 Å². The van der Waals surface area contributed by atoms with E-state index in [0.29, 0.717) is 12.1 Å². The average Bonchev–Trinajstić information content (AvgIpc) is 3.00. The first kappa shape index (κ1) is 16.8. The number of hydrogen-bond donors (Lipinski definition) is 1. The van der Waals surface area contributed by atoms with Gasteiger partial charge in [-0.15, -0.1) is 0 Å². The van der Waals surface area contributed by atoms with E-state index in [2.05, 4.69) is 26.2 Å². The highest BCUT2D eigenvalue weighted by atomic mass is 79.9. The third kappa shape index (κ3) is 4.30. The lowest BCUT2D eigenvalue weighted by atomic mass is 10.2. The zero-order valence-corrected chi connectivity index (χ0v) is 14.5. The van der Waals surface area contributed by atoms with Gasteiger partial charge in [0.2, 0.25) is 5.91 Å². The molecule has 0 aliphatic rings. The molecular formula is C17H13BrN4O3. The number of carbonyl (C=O) groups is 1. The van der Waals surface area contributed by atoms with Crippen LogP contribution in [0.2, 0.25) is 0 Å². The maximum absolute atomic E-state index is 11.9. The molecule has 0 saturated carbocycles. The first-order chi connectivity index (χ1) is 12.0. The summed E-state index contributed by atoms with van der Waals surface area (Å²) in [6, 6.07) is 9.74.